The number of rotatable bonds is 4. The van der Waals surface area contributed by atoms with E-state index in [0.29, 0.717) is 29.0 Å². The summed E-state index contributed by atoms with van der Waals surface area (Å²) >= 11 is 3.16. The van der Waals surface area contributed by atoms with Crippen LogP contribution in [0, 0.1) is 11.7 Å². The maximum absolute atomic E-state index is 12.9. The molecule has 0 saturated carbocycles. The molecule has 0 aromatic heterocycles. The first-order valence-corrected chi connectivity index (χ1v) is 5.41. The lowest BCUT2D eigenvalue weighted by Crippen LogP contribution is -2.07. The molecule has 15 heavy (non-hydrogen) atoms. The van der Waals surface area contributed by atoms with Gasteiger partial charge in [-0.3, -0.25) is 4.79 Å². The number of carbonyl (C=O) groups is 1. The van der Waals surface area contributed by atoms with Crippen molar-refractivity contribution in [1.29, 1.82) is 0 Å². The van der Waals surface area contributed by atoms with Crippen LogP contribution in [0.1, 0.15) is 24.2 Å². The lowest BCUT2D eigenvalue weighted by Gasteiger charge is -2.12. The molecule has 0 atom stereocenters. The van der Waals surface area contributed by atoms with Gasteiger partial charge in [0, 0.05) is 0 Å². The highest BCUT2D eigenvalue weighted by atomic mass is 79.9. The summed E-state index contributed by atoms with van der Waals surface area (Å²) in [5, 5.41) is 0. The van der Waals surface area contributed by atoms with E-state index >= 15 is 0 Å². The third-order valence-corrected chi connectivity index (χ3v) is 2.31. The van der Waals surface area contributed by atoms with Crippen LogP contribution in [0.2, 0.25) is 0 Å². The second-order valence-corrected chi connectivity index (χ2v) is 4.48. The molecule has 0 fully saturated rings. The van der Waals surface area contributed by atoms with Gasteiger partial charge in [0.1, 0.15) is 11.6 Å². The molecule has 0 aliphatic carbocycles. The first kappa shape index (κ1) is 12.2. The van der Waals surface area contributed by atoms with Gasteiger partial charge in [-0.05, 0) is 34.0 Å². The zero-order chi connectivity index (χ0) is 11.4. The normalized spacial score (nSPS) is 10.5. The van der Waals surface area contributed by atoms with Gasteiger partial charge in [0.25, 0.3) is 0 Å². The van der Waals surface area contributed by atoms with Crippen LogP contribution in [0.25, 0.3) is 0 Å². The molecule has 0 aliphatic heterocycles. The van der Waals surface area contributed by atoms with E-state index in [0.717, 1.165) is 6.07 Å². The van der Waals surface area contributed by atoms with Crippen molar-refractivity contribution < 1.29 is 13.9 Å². The first-order chi connectivity index (χ1) is 7.04. The van der Waals surface area contributed by atoms with E-state index in [4.69, 9.17) is 4.74 Å². The maximum Gasteiger partial charge on any atom is 0.153 e. The summed E-state index contributed by atoms with van der Waals surface area (Å²) < 4.78 is 18.8. The van der Waals surface area contributed by atoms with E-state index in [1.165, 1.54) is 6.07 Å². The predicted molar refractivity (Wildman–Crippen MR) is 59.8 cm³/mol. The number of halogens is 2. The molecular formula is C11H12BrFO2. The minimum atomic E-state index is -0.458. The van der Waals surface area contributed by atoms with Crippen LogP contribution in [-0.4, -0.2) is 12.9 Å². The molecule has 0 spiro atoms. The van der Waals surface area contributed by atoms with Crippen molar-refractivity contribution in [2.24, 2.45) is 5.92 Å². The van der Waals surface area contributed by atoms with Crippen molar-refractivity contribution in [1.82, 2.24) is 0 Å². The summed E-state index contributed by atoms with van der Waals surface area (Å²) in [6.07, 6.45) is 0.587. The third-order valence-electron chi connectivity index (χ3n) is 1.73. The van der Waals surface area contributed by atoms with E-state index in [9.17, 15) is 9.18 Å². The number of hydrogen-bond acceptors (Lipinski definition) is 2. The van der Waals surface area contributed by atoms with Gasteiger partial charge < -0.3 is 4.74 Å². The molecule has 1 aromatic carbocycles. The van der Waals surface area contributed by atoms with Crippen LogP contribution in [0.3, 0.4) is 0 Å². The minimum Gasteiger partial charge on any atom is -0.491 e. The Labute approximate surface area is 96.6 Å². The van der Waals surface area contributed by atoms with Crippen LogP contribution in [-0.2, 0) is 0 Å². The second kappa shape index (κ2) is 5.26. The lowest BCUT2D eigenvalue weighted by molar-refractivity contribution is 0.111. The van der Waals surface area contributed by atoms with Gasteiger partial charge in [0.05, 0.1) is 16.6 Å². The van der Waals surface area contributed by atoms with Gasteiger partial charge >= 0.3 is 0 Å². The Kier molecular flexibility index (Phi) is 4.27. The number of ether oxygens (including phenoxy) is 1. The maximum atomic E-state index is 12.9. The van der Waals surface area contributed by atoms with E-state index in [1.54, 1.807) is 0 Å². The van der Waals surface area contributed by atoms with Gasteiger partial charge in [0.2, 0.25) is 0 Å². The number of aldehydes is 1. The monoisotopic (exact) mass is 274 g/mol. The Morgan fingerprint density at radius 1 is 1.53 bits per heavy atom. The molecule has 0 N–H and O–H groups in total. The third kappa shape index (κ3) is 3.30. The van der Waals surface area contributed by atoms with E-state index < -0.39 is 5.82 Å². The van der Waals surface area contributed by atoms with Crippen LogP contribution in [0.4, 0.5) is 4.39 Å². The summed E-state index contributed by atoms with van der Waals surface area (Å²) in [5.41, 5.74) is 0.225. The summed E-state index contributed by atoms with van der Waals surface area (Å²) in [4.78, 5) is 10.7. The second-order valence-electron chi connectivity index (χ2n) is 3.63. The lowest BCUT2D eigenvalue weighted by atomic mass is 10.2. The van der Waals surface area contributed by atoms with Crippen molar-refractivity contribution in [3.8, 4) is 5.75 Å². The quantitative estimate of drug-likeness (QED) is 0.787. The molecule has 0 aliphatic rings. The molecule has 0 unspecified atom stereocenters. The molecule has 1 rings (SSSR count). The average Bonchev–Trinajstić information content (AvgIpc) is 2.14. The number of hydrogen-bond donors (Lipinski definition) is 0. The molecule has 0 bridgehead atoms. The van der Waals surface area contributed by atoms with Crippen LogP contribution in [0.5, 0.6) is 5.75 Å². The molecule has 0 radical (unpaired) electrons. The Hall–Kier alpha value is -0.900. The smallest absolute Gasteiger partial charge is 0.153 e. The number of benzene rings is 1. The molecule has 1 aromatic rings. The molecular weight excluding hydrogens is 263 g/mol. The highest BCUT2D eigenvalue weighted by Crippen LogP contribution is 2.29. The highest BCUT2D eigenvalue weighted by Gasteiger charge is 2.10. The predicted octanol–water partition coefficient (Wildman–Crippen LogP) is 3.44. The fourth-order valence-electron chi connectivity index (χ4n) is 1.07. The molecule has 82 valence electrons. The highest BCUT2D eigenvalue weighted by molar-refractivity contribution is 9.10. The largest absolute Gasteiger partial charge is 0.491 e. The minimum absolute atomic E-state index is 0.225. The Balaban J connectivity index is 2.99. The zero-order valence-corrected chi connectivity index (χ0v) is 10.2. The Morgan fingerprint density at radius 2 is 2.20 bits per heavy atom. The zero-order valence-electron chi connectivity index (χ0n) is 8.59. The fraction of sp³-hybridized carbons (Fsp3) is 0.364. The summed E-state index contributed by atoms with van der Waals surface area (Å²) in [7, 11) is 0. The first-order valence-electron chi connectivity index (χ1n) is 4.61. The molecule has 4 heteroatoms. The van der Waals surface area contributed by atoms with E-state index in [1.807, 2.05) is 13.8 Å². The van der Waals surface area contributed by atoms with Crippen molar-refractivity contribution in [3.63, 3.8) is 0 Å². The number of carbonyl (C=O) groups excluding carboxylic acids is 1. The van der Waals surface area contributed by atoms with Crippen LogP contribution >= 0.6 is 15.9 Å². The van der Waals surface area contributed by atoms with Gasteiger partial charge in [-0.2, -0.15) is 0 Å². The summed E-state index contributed by atoms with van der Waals surface area (Å²) in [5.74, 6) is 0.294. The summed E-state index contributed by atoms with van der Waals surface area (Å²) in [6, 6.07) is 2.44. The SMILES string of the molecule is CC(C)COc1c(Br)cc(F)cc1C=O. The molecule has 0 amide bonds. The standard InChI is InChI=1S/C11H12BrFO2/c1-7(2)6-15-11-8(5-14)3-9(13)4-10(11)12/h3-5,7H,6H2,1-2H3. The van der Waals surface area contributed by atoms with Crippen LogP contribution in [0.15, 0.2) is 16.6 Å². The van der Waals surface area contributed by atoms with Crippen molar-refractivity contribution in [2.45, 2.75) is 13.8 Å². The van der Waals surface area contributed by atoms with Gasteiger partial charge in [-0.25, -0.2) is 4.39 Å². The van der Waals surface area contributed by atoms with Gasteiger partial charge in [0.15, 0.2) is 6.29 Å². The average molecular weight is 275 g/mol. The Bertz CT molecular complexity index is 364. The van der Waals surface area contributed by atoms with Crippen LogP contribution < -0.4 is 4.74 Å². The van der Waals surface area contributed by atoms with E-state index in [2.05, 4.69) is 15.9 Å². The molecule has 0 saturated heterocycles. The molecule has 0 heterocycles. The van der Waals surface area contributed by atoms with Crippen molar-refractivity contribution in [2.75, 3.05) is 6.61 Å². The summed E-state index contributed by atoms with van der Waals surface area (Å²) in [6.45, 7) is 4.49. The van der Waals surface area contributed by atoms with E-state index in [-0.39, 0.29) is 5.56 Å². The van der Waals surface area contributed by atoms with Gasteiger partial charge in [-0.1, -0.05) is 13.8 Å². The topological polar surface area (TPSA) is 26.3 Å². The molecule has 2 nitrogen and oxygen atoms in total. The van der Waals surface area contributed by atoms with Crippen molar-refractivity contribution in [3.05, 3.63) is 28.0 Å². The van der Waals surface area contributed by atoms with Gasteiger partial charge in [-0.15, -0.1) is 0 Å². The Morgan fingerprint density at radius 3 is 2.73 bits per heavy atom. The van der Waals surface area contributed by atoms with Crippen molar-refractivity contribution >= 4 is 22.2 Å². The fourth-order valence-corrected chi connectivity index (χ4v) is 1.63.